The normalized spacial score (nSPS) is 12.0. The van der Waals surface area contributed by atoms with Crippen molar-refractivity contribution in [2.45, 2.75) is 26.2 Å². The number of hydrogen-bond acceptors (Lipinski definition) is 5. The molecule has 0 aliphatic heterocycles. The molecule has 0 aliphatic carbocycles. The molecule has 0 saturated carbocycles. The lowest BCUT2D eigenvalue weighted by Gasteiger charge is -2.15. The summed E-state index contributed by atoms with van der Waals surface area (Å²) in [5, 5.41) is 22.3. The topological polar surface area (TPSA) is 105 Å². The molecule has 0 saturated heterocycles. The minimum Gasteiger partial charge on any atom is -0.396 e. The summed E-state index contributed by atoms with van der Waals surface area (Å²) in [6, 6.07) is 1.26. The number of aliphatic hydroxyl groups excluding tert-OH is 1. The van der Waals surface area contributed by atoms with E-state index in [1.165, 1.54) is 12.3 Å². The first-order valence-corrected chi connectivity index (χ1v) is 7.07. The standard InChI is InChI=1S/C13H18ClN3O4/c1-2-3-9(5-7-18)8-16-13(19)10-4-6-15-12(14)11(10)17(20)21/h4,6,9,18H,2-3,5,7-8H2,1H3,(H,16,19). The smallest absolute Gasteiger partial charge is 0.319 e. The van der Waals surface area contributed by atoms with Crippen molar-refractivity contribution in [3.63, 3.8) is 0 Å². The fraction of sp³-hybridized carbons (Fsp3) is 0.538. The van der Waals surface area contributed by atoms with E-state index >= 15 is 0 Å². The van der Waals surface area contributed by atoms with Gasteiger partial charge in [0.05, 0.1) is 4.92 Å². The predicted molar refractivity (Wildman–Crippen MR) is 78.3 cm³/mol. The van der Waals surface area contributed by atoms with Crippen molar-refractivity contribution < 1.29 is 14.8 Å². The quantitative estimate of drug-likeness (QED) is 0.434. The summed E-state index contributed by atoms with van der Waals surface area (Å²) in [6.45, 7) is 2.41. The van der Waals surface area contributed by atoms with E-state index in [9.17, 15) is 14.9 Å². The minimum atomic E-state index is -0.721. The Morgan fingerprint density at radius 2 is 2.29 bits per heavy atom. The molecule has 8 heteroatoms. The van der Waals surface area contributed by atoms with Crippen molar-refractivity contribution in [2.24, 2.45) is 5.92 Å². The second-order valence-electron chi connectivity index (χ2n) is 4.63. The van der Waals surface area contributed by atoms with Gasteiger partial charge in [0, 0.05) is 19.3 Å². The van der Waals surface area contributed by atoms with Crippen LogP contribution in [0.1, 0.15) is 36.5 Å². The van der Waals surface area contributed by atoms with E-state index in [0.29, 0.717) is 13.0 Å². The molecule has 1 amide bonds. The Morgan fingerprint density at radius 1 is 1.57 bits per heavy atom. The molecule has 1 aromatic heterocycles. The summed E-state index contributed by atoms with van der Waals surface area (Å²) in [4.78, 5) is 25.9. The van der Waals surface area contributed by atoms with E-state index in [0.717, 1.165) is 12.8 Å². The first-order chi connectivity index (χ1) is 10.0. The largest absolute Gasteiger partial charge is 0.396 e. The maximum absolute atomic E-state index is 12.1. The zero-order valence-corrected chi connectivity index (χ0v) is 12.5. The highest BCUT2D eigenvalue weighted by Crippen LogP contribution is 2.25. The molecule has 1 aromatic rings. The van der Waals surface area contributed by atoms with Crippen molar-refractivity contribution in [3.05, 3.63) is 33.1 Å². The van der Waals surface area contributed by atoms with Crippen LogP contribution in [0.3, 0.4) is 0 Å². The van der Waals surface area contributed by atoms with E-state index in [-0.39, 0.29) is 23.2 Å². The molecule has 0 bridgehead atoms. The zero-order valence-electron chi connectivity index (χ0n) is 11.7. The first-order valence-electron chi connectivity index (χ1n) is 6.69. The van der Waals surface area contributed by atoms with Gasteiger partial charge in [-0.1, -0.05) is 24.9 Å². The molecule has 1 rings (SSSR count). The lowest BCUT2D eigenvalue weighted by atomic mass is 10.00. The fourth-order valence-corrected chi connectivity index (χ4v) is 2.28. The minimum absolute atomic E-state index is 0.0434. The maximum Gasteiger partial charge on any atom is 0.319 e. The van der Waals surface area contributed by atoms with Crippen molar-refractivity contribution >= 4 is 23.2 Å². The van der Waals surface area contributed by atoms with Crippen LogP contribution in [0.15, 0.2) is 12.3 Å². The molecular weight excluding hydrogens is 298 g/mol. The summed E-state index contributed by atoms with van der Waals surface area (Å²) < 4.78 is 0. The van der Waals surface area contributed by atoms with Crippen LogP contribution >= 0.6 is 11.6 Å². The van der Waals surface area contributed by atoms with Crippen LogP contribution in [-0.2, 0) is 0 Å². The molecule has 2 N–H and O–H groups in total. The lowest BCUT2D eigenvalue weighted by molar-refractivity contribution is -0.385. The first kappa shape index (κ1) is 17.3. The summed E-state index contributed by atoms with van der Waals surface area (Å²) >= 11 is 5.66. The van der Waals surface area contributed by atoms with Crippen LogP contribution in [0, 0.1) is 16.0 Å². The van der Waals surface area contributed by atoms with Gasteiger partial charge in [-0.25, -0.2) is 4.98 Å². The summed E-state index contributed by atoms with van der Waals surface area (Å²) in [5.74, 6) is -0.426. The van der Waals surface area contributed by atoms with Gasteiger partial charge in [0.1, 0.15) is 5.56 Å². The van der Waals surface area contributed by atoms with Crippen LogP contribution in [-0.4, -0.2) is 34.1 Å². The molecule has 0 aromatic carbocycles. The third-order valence-electron chi connectivity index (χ3n) is 3.09. The zero-order chi connectivity index (χ0) is 15.8. The van der Waals surface area contributed by atoms with E-state index in [4.69, 9.17) is 16.7 Å². The second-order valence-corrected chi connectivity index (χ2v) is 4.99. The van der Waals surface area contributed by atoms with Crippen molar-refractivity contribution in [3.8, 4) is 0 Å². The third kappa shape index (κ3) is 4.95. The molecule has 7 nitrogen and oxygen atoms in total. The van der Waals surface area contributed by atoms with Gasteiger partial charge in [0.15, 0.2) is 0 Å². The van der Waals surface area contributed by atoms with Gasteiger partial charge < -0.3 is 10.4 Å². The molecule has 0 radical (unpaired) electrons. The van der Waals surface area contributed by atoms with Gasteiger partial charge in [0.2, 0.25) is 5.15 Å². The number of rotatable bonds is 8. The SMILES string of the molecule is CCCC(CCO)CNC(=O)c1ccnc(Cl)c1[N+](=O)[O-]. The van der Waals surface area contributed by atoms with Gasteiger partial charge in [-0.15, -0.1) is 0 Å². The van der Waals surface area contributed by atoms with Crippen LogP contribution in [0.5, 0.6) is 0 Å². The number of carbonyl (C=O) groups is 1. The number of amides is 1. The number of pyridine rings is 1. The highest BCUT2D eigenvalue weighted by molar-refractivity contribution is 6.32. The van der Waals surface area contributed by atoms with E-state index in [2.05, 4.69) is 10.3 Å². The number of halogens is 1. The molecule has 21 heavy (non-hydrogen) atoms. The summed E-state index contributed by atoms with van der Waals surface area (Å²) in [5.41, 5.74) is -0.606. The second kappa shape index (κ2) is 8.53. The molecule has 0 spiro atoms. The van der Waals surface area contributed by atoms with Crippen LogP contribution in [0.4, 0.5) is 5.69 Å². The number of nitrogens with zero attached hydrogens (tertiary/aromatic N) is 2. The van der Waals surface area contributed by atoms with Gasteiger partial charge in [0.25, 0.3) is 5.91 Å². The molecule has 116 valence electrons. The average molecular weight is 316 g/mol. The van der Waals surface area contributed by atoms with E-state index < -0.39 is 16.5 Å². The monoisotopic (exact) mass is 315 g/mol. The van der Waals surface area contributed by atoms with Crippen LogP contribution in [0.25, 0.3) is 0 Å². The number of nitro groups is 1. The van der Waals surface area contributed by atoms with Gasteiger partial charge in [-0.3, -0.25) is 14.9 Å². The van der Waals surface area contributed by atoms with Crippen LogP contribution in [0.2, 0.25) is 5.15 Å². The number of hydrogen-bond donors (Lipinski definition) is 2. The molecule has 1 unspecified atom stereocenters. The number of aromatic nitrogens is 1. The van der Waals surface area contributed by atoms with E-state index in [1.54, 1.807) is 0 Å². The molecule has 0 aliphatic rings. The van der Waals surface area contributed by atoms with Gasteiger partial charge in [-0.05, 0) is 24.8 Å². The Kier molecular flexibility index (Phi) is 7.04. The maximum atomic E-state index is 12.1. The molecule has 0 fully saturated rings. The molecule has 1 heterocycles. The Balaban J connectivity index is 2.80. The van der Waals surface area contributed by atoms with Gasteiger partial charge >= 0.3 is 5.69 Å². The third-order valence-corrected chi connectivity index (χ3v) is 3.37. The molecular formula is C13H18ClN3O4. The van der Waals surface area contributed by atoms with Gasteiger partial charge in [-0.2, -0.15) is 0 Å². The average Bonchev–Trinajstić information content (AvgIpc) is 2.44. The van der Waals surface area contributed by atoms with Crippen molar-refractivity contribution in [1.29, 1.82) is 0 Å². The Morgan fingerprint density at radius 3 is 2.86 bits per heavy atom. The summed E-state index contributed by atoms with van der Waals surface area (Å²) in [7, 11) is 0. The number of aliphatic hydroxyl groups is 1. The van der Waals surface area contributed by atoms with Crippen molar-refractivity contribution in [1.82, 2.24) is 10.3 Å². The highest BCUT2D eigenvalue weighted by atomic mass is 35.5. The summed E-state index contributed by atoms with van der Waals surface area (Å²) in [6.07, 6.45) is 3.62. The lowest BCUT2D eigenvalue weighted by Crippen LogP contribution is -2.30. The number of carbonyl (C=O) groups excluding carboxylic acids is 1. The fourth-order valence-electron chi connectivity index (χ4n) is 2.06. The molecule has 1 atom stereocenters. The van der Waals surface area contributed by atoms with Crippen molar-refractivity contribution in [2.75, 3.05) is 13.2 Å². The highest BCUT2D eigenvalue weighted by Gasteiger charge is 2.25. The predicted octanol–water partition coefficient (Wildman–Crippen LogP) is 2.17. The van der Waals surface area contributed by atoms with E-state index in [1.807, 2.05) is 6.92 Å². The Bertz CT molecular complexity index is 504. The Labute approximate surface area is 127 Å². The van der Waals surface area contributed by atoms with Crippen LogP contribution < -0.4 is 5.32 Å². The number of nitrogens with one attached hydrogen (secondary N) is 1. The Hall–Kier alpha value is -1.73.